The highest BCUT2D eigenvalue weighted by molar-refractivity contribution is 6.09. The molecular weight excluding hydrogens is 209 g/mol. The minimum Gasteiger partial charge on any atom is -0.494 e. The van der Waals surface area contributed by atoms with Crippen LogP contribution in [0.25, 0.3) is 0 Å². The van der Waals surface area contributed by atoms with Crippen LogP contribution in [0.1, 0.15) is 5.56 Å². The van der Waals surface area contributed by atoms with Crippen LogP contribution in [0, 0.1) is 16.6 Å². The Morgan fingerprint density at radius 2 is 2.06 bits per heavy atom. The number of allylic oxidation sites excluding steroid dienone is 1. The highest BCUT2D eigenvalue weighted by Crippen LogP contribution is 2.17. The van der Waals surface area contributed by atoms with E-state index in [0.717, 1.165) is 0 Å². The normalized spacial score (nSPS) is 10.4. The van der Waals surface area contributed by atoms with E-state index in [1.54, 1.807) is 6.07 Å². The lowest BCUT2D eigenvalue weighted by Gasteiger charge is -2.03. The number of amidine groups is 1. The minimum absolute atomic E-state index is 0.0803. The van der Waals surface area contributed by atoms with Gasteiger partial charge in [-0.15, -0.1) is 0 Å². The van der Waals surface area contributed by atoms with Gasteiger partial charge in [0.1, 0.15) is 5.84 Å². The summed E-state index contributed by atoms with van der Waals surface area (Å²) >= 11 is 0. The second-order valence-corrected chi connectivity index (χ2v) is 3.05. The molecule has 5 heteroatoms. The third kappa shape index (κ3) is 2.91. The van der Waals surface area contributed by atoms with Gasteiger partial charge in [-0.1, -0.05) is 0 Å². The Balaban J connectivity index is 2.93. The molecule has 4 N–H and O–H groups in total. The van der Waals surface area contributed by atoms with Crippen molar-refractivity contribution in [3.63, 3.8) is 0 Å². The maximum absolute atomic E-state index is 13.3. The van der Waals surface area contributed by atoms with Crippen LogP contribution in [0.2, 0.25) is 0 Å². The van der Waals surface area contributed by atoms with E-state index >= 15 is 0 Å². The second kappa shape index (κ2) is 5.06. The van der Waals surface area contributed by atoms with Crippen LogP contribution in [-0.4, -0.2) is 18.7 Å². The van der Waals surface area contributed by atoms with Gasteiger partial charge in [0.2, 0.25) is 0 Å². The van der Waals surface area contributed by atoms with E-state index < -0.39 is 5.82 Å². The molecule has 0 amide bonds. The molecule has 0 spiro atoms. The third-order valence-electron chi connectivity index (χ3n) is 1.89. The van der Waals surface area contributed by atoms with Crippen molar-refractivity contribution in [1.29, 1.82) is 10.8 Å². The monoisotopic (exact) mass is 221 g/mol. The highest BCUT2D eigenvalue weighted by atomic mass is 19.1. The summed E-state index contributed by atoms with van der Waals surface area (Å²) in [5, 5.41) is 14.6. The summed E-state index contributed by atoms with van der Waals surface area (Å²) in [6.45, 7) is 0. The van der Waals surface area contributed by atoms with Gasteiger partial charge in [-0.05, 0) is 30.4 Å². The lowest BCUT2D eigenvalue weighted by Crippen LogP contribution is -2.06. The quantitative estimate of drug-likeness (QED) is 0.534. The Morgan fingerprint density at radius 3 is 2.56 bits per heavy atom. The van der Waals surface area contributed by atoms with Crippen molar-refractivity contribution >= 4 is 11.5 Å². The molecule has 0 atom stereocenters. The Morgan fingerprint density at radius 1 is 1.38 bits per heavy atom. The SMILES string of the molecule is COc1ccc(C(=N)/C=C\C(=N)N)cc1F. The number of nitrogens with one attached hydrogen (secondary N) is 2. The molecule has 84 valence electrons. The van der Waals surface area contributed by atoms with E-state index in [0.29, 0.717) is 5.56 Å². The van der Waals surface area contributed by atoms with Gasteiger partial charge in [0, 0.05) is 5.56 Å². The molecule has 0 fully saturated rings. The van der Waals surface area contributed by atoms with Crippen LogP contribution in [0.4, 0.5) is 4.39 Å². The van der Waals surface area contributed by atoms with Crippen molar-refractivity contribution in [1.82, 2.24) is 0 Å². The van der Waals surface area contributed by atoms with Crippen LogP contribution < -0.4 is 10.5 Å². The summed E-state index contributed by atoms with van der Waals surface area (Å²) in [6, 6.07) is 4.21. The van der Waals surface area contributed by atoms with Gasteiger partial charge >= 0.3 is 0 Å². The highest BCUT2D eigenvalue weighted by Gasteiger charge is 2.05. The Kier molecular flexibility index (Phi) is 3.77. The van der Waals surface area contributed by atoms with Gasteiger partial charge in [0.05, 0.1) is 12.8 Å². The van der Waals surface area contributed by atoms with Gasteiger partial charge in [0.15, 0.2) is 11.6 Å². The maximum Gasteiger partial charge on any atom is 0.165 e. The lowest BCUT2D eigenvalue weighted by molar-refractivity contribution is 0.386. The first-order valence-electron chi connectivity index (χ1n) is 4.49. The van der Waals surface area contributed by atoms with Crippen molar-refractivity contribution in [2.75, 3.05) is 7.11 Å². The predicted molar refractivity (Wildman–Crippen MR) is 60.8 cm³/mol. The van der Waals surface area contributed by atoms with Crippen LogP contribution in [0.5, 0.6) is 5.75 Å². The largest absolute Gasteiger partial charge is 0.494 e. The van der Waals surface area contributed by atoms with Crippen molar-refractivity contribution in [2.24, 2.45) is 5.73 Å². The van der Waals surface area contributed by atoms with Crippen molar-refractivity contribution in [2.45, 2.75) is 0 Å². The summed E-state index contributed by atoms with van der Waals surface area (Å²) in [5.41, 5.74) is 5.58. The number of hydrogen-bond acceptors (Lipinski definition) is 3. The van der Waals surface area contributed by atoms with Gasteiger partial charge in [-0.2, -0.15) is 0 Å². The molecule has 1 aromatic rings. The summed E-state index contributed by atoms with van der Waals surface area (Å²) in [6.07, 6.45) is 2.61. The van der Waals surface area contributed by atoms with E-state index in [9.17, 15) is 4.39 Å². The van der Waals surface area contributed by atoms with Gasteiger partial charge in [-0.25, -0.2) is 4.39 Å². The van der Waals surface area contributed by atoms with Crippen molar-refractivity contribution < 1.29 is 9.13 Å². The molecule has 0 aliphatic carbocycles. The molecule has 4 nitrogen and oxygen atoms in total. The fourth-order valence-corrected chi connectivity index (χ4v) is 1.10. The zero-order valence-corrected chi connectivity index (χ0v) is 8.75. The van der Waals surface area contributed by atoms with E-state index in [1.165, 1.54) is 31.4 Å². The topological polar surface area (TPSA) is 83.0 Å². The molecule has 0 aromatic heterocycles. The lowest BCUT2D eigenvalue weighted by atomic mass is 10.1. The molecule has 0 aliphatic rings. The van der Waals surface area contributed by atoms with Crippen LogP contribution in [0.15, 0.2) is 30.4 Å². The number of nitrogens with two attached hydrogens (primary N) is 1. The smallest absolute Gasteiger partial charge is 0.165 e. The van der Waals surface area contributed by atoms with E-state index in [1.807, 2.05) is 0 Å². The summed E-state index contributed by atoms with van der Waals surface area (Å²) < 4.78 is 18.1. The first-order valence-corrected chi connectivity index (χ1v) is 4.49. The summed E-state index contributed by atoms with van der Waals surface area (Å²) in [7, 11) is 1.37. The van der Waals surface area contributed by atoms with E-state index in [2.05, 4.69) is 0 Å². The van der Waals surface area contributed by atoms with Gasteiger partial charge < -0.3 is 15.9 Å². The fraction of sp³-hybridized carbons (Fsp3) is 0.0909. The molecule has 0 saturated heterocycles. The van der Waals surface area contributed by atoms with Crippen molar-refractivity contribution in [3.05, 3.63) is 41.7 Å². The minimum atomic E-state index is -0.527. The van der Waals surface area contributed by atoms with Crippen molar-refractivity contribution in [3.8, 4) is 5.75 Å². The molecular formula is C11H12FN3O. The second-order valence-electron chi connectivity index (χ2n) is 3.05. The van der Waals surface area contributed by atoms with Crippen LogP contribution >= 0.6 is 0 Å². The van der Waals surface area contributed by atoms with Crippen LogP contribution in [0.3, 0.4) is 0 Å². The molecule has 0 saturated carbocycles. The molecule has 0 unspecified atom stereocenters. The Bertz CT molecular complexity index is 455. The standard InChI is InChI=1S/C11H12FN3O/c1-16-10-4-2-7(6-8(10)12)9(13)3-5-11(14)15/h2-6,13H,1H3,(H3,14,15)/b5-3-,13-9?. The number of rotatable bonds is 4. The average molecular weight is 221 g/mol. The number of ether oxygens (including phenoxy) is 1. The molecule has 0 bridgehead atoms. The molecule has 16 heavy (non-hydrogen) atoms. The number of halogens is 1. The number of hydrogen-bond donors (Lipinski definition) is 3. The number of methoxy groups -OCH3 is 1. The maximum atomic E-state index is 13.3. The summed E-state index contributed by atoms with van der Waals surface area (Å²) in [5.74, 6) is -0.549. The number of benzene rings is 1. The molecule has 0 heterocycles. The average Bonchev–Trinajstić information content (AvgIpc) is 2.25. The zero-order valence-electron chi connectivity index (χ0n) is 8.75. The fourth-order valence-electron chi connectivity index (χ4n) is 1.10. The predicted octanol–water partition coefficient (Wildman–Crippen LogP) is 1.69. The molecule has 1 aromatic carbocycles. The third-order valence-corrected chi connectivity index (χ3v) is 1.89. The first-order chi connectivity index (χ1) is 7.54. The van der Waals surface area contributed by atoms with Crippen LogP contribution in [-0.2, 0) is 0 Å². The Hall–Kier alpha value is -2.17. The van der Waals surface area contributed by atoms with Gasteiger partial charge in [0.25, 0.3) is 0 Å². The summed E-state index contributed by atoms with van der Waals surface area (Å²) in [4.78, 5) is 0. The first kappa shape index (κ1) is 11.9. The molecule has 0 radical (unpaired) electrons. The Labute approximate surface area is 92.6 Å². The molecule has 0 aliphatic heterocycles. The van der Waals surface area contributed by atoms with Gasteiger partial charge in [-0.3, -0.25) is 5.41 Å². The zero-order chi connectivity index (χ0) is 12.1. The van der Waals surface area contributed by atoms with E-state index in [-0.39, 0.29) is 17.3 Å². The van der Waals surface area contributed by atoms with E-state index in [4.69, 9.17) is 21.3 Å². The molecule has 1 rings (SSSR count).